The van der Waals surface area contributed by atoms with Gasteiger partial charge in [-0.15, -0.1) is 0 Å². The normalized spacial score (nSPS) is 11.7. The molecule has 0 aromatic heterocycles. The molecule has 0 aliphatic rings. The molecule has 224 valence electrons. The molecule has 0 fully saturated rings. The summed E-state index contributed by atoms with van der Waals surface area (Å²) < 4.78 is 30.6. The van der Waals surface area contributed by atoms with Crippen molar-refractivity contribution in [2.45, 2.75) is 110 Å². The van der Waals surface area contributed by atoms with E-state index < -0.39 is 10.1 Å². The fourth-order valence-electron chi connectivity index (χ4n) is 5.74. The molecule has 0 aliphatic carbocycles. The van der Waals surface area contributed by atoms with Crippen LogP contribution in [-0.4, -0.2) is 21.6 Å². The summed E-state index contributed by atoms with van der Waals surface area (Å²) >= 11 is 0. The molecule has 0 aliphatic heterocycles. The summed E-state index contributed by atoms with van der Waals surface area (Å²) in [6.45, 7) is 12.2. The van der Waals surface area contributed by atoms with E-state index in [4.69, 9.17) is 4.18 Å². The van der Waals surface area contributed by atoms with E-state index in [9.17, 15) is 8.42 Å². The maximum absolute atomic E-state index is 12.6. The maximum atomic E-state index is 12.6. The summed E-state index contributed by atoms with van der Waals surface area (Å²) in [4.78, 5) is 0.331. The van der Waals surface area contributed by atoms with E-state index >= 15 is 0 Å². The molecule has 0 saturated heterocycles. The smallest absolute Gasteiger partial charge is 0.297 e. The lowest BCUT2D eigenvalue weighted by Gasteiger charge is -2.12. The Hall–Kier alpha value is -2.47. The van der Waals surface area contributed by atoms with Gasteiger partial charge in [-0.25, -0.2) is 0 Å². The zero-order chi connectivity index (χ0) is 29.7. The number of nitrogens with one attached hydrogen (secondary N) is 1. The van der Waals surface area contributed by atoms with Crippen molar-refractivity contribution >= 4 is 10.1 Å². The molecule has 0 saturated carbocycles. The highest BCUT2D eigenvalue weighted by atomic mass is 32.2. The van der Waals surface area contributed by atoms with E-state index in [1.807, 2.05) is 32.9 Å². The zero-order valence-corrected chi connectivity index (χ0v) is 26.8. The molecule has 0 unspecified atom stereocenters. The summed E-state index contributed by atoms with van der Waals surface area (Å²) in [7, 11) is -3.69. The summed E-state index contributed by atoms with van der Waals surface area (Å²) in [5.41, 5.74) is 9.11. The highest BCUT2D eigenvalue weighted by molar-refractivity contribution is 7.86. The first-order valence-corrected chi connectivity index (χ1v) is 16.9. The molecule has 41 heavy (non-hydrogen) atoms. The lowest BCUT2D eigenvalue weighted by Crippen LogP contribution is -2.14. The molecular formula is C36H51NO3S. The SMILES string of the molecule is Cc1cc(C)cc(-c2ccc(CNCCCCCCCCCCCCOS(=O)(=O)c3c(C)cc(C)cc3C)cc2)c1. The Morgan fingerprint density at radius 1 is 0.585 bits per heavy atom. The van der Waals surface area contributed by atoms with Gasteiger partial charge in [0, 0.05) is 6.54 Å². The predicted molar refractivity (Wildman–Crippen MR) is 173 cm³/mol. The quantitative estimate of drug-likeness (QED) is 0.121. The lowest BCUT2D eigenvalue weighted by molar-refractivity contribution is 0.305. The van der Waals surface area contributed by atoms with Crippen molar-refractivity contribution in [1.29, 1.82) is 0 Å². The average molecular weight is 578 g/mol. The lowest BCUT2D eigenvalue weighted by atomic mass is 10.00. The van der Waals surface area contributed by atoms with Crippen LogP contribution in [0.1, 0.15) is 97.6 Å². The van der Waals surface area contributed by atoms with E-state index in [2.05, 4.69) is 61.6 Å². The Kier molecular flexibility index (Phi) is 13.6. The van der Waals surface area contributed by atoms with E-state index in [1.165, 1.54) is 72.8 Å². The maximum Gasteiger partial charge on any atom is 0.297 e. The number of benzene rings is 3. The minimum absolute atomic E-state index is 0.265. The first-order chi connectivity index (χ1) is 19.7. The summed E-state index contributed by atoms with van der Waals surface area (Å²) in [5, 5.41) is 3.59. The zero-order valence-electron chi connectivity index (χ0n) is 26.0. The van der Waals surface area contributed by atoms with Gasteiger partial charge in [0.2, 0.25) is 0 Å². The molecule has 3 aromatic rings. The van der Waals surface area contributed by atoms with Crippen LogP contribution in [0.3, 0.4) is 0 Å². The fraction of sp³-hybridized carbons (Fsp3) is 0.500. The van der Waals surface area contributed by atoms with Gasteiger partial charge in [-0.05, 0) is 81.8 Å². The molecule has 3 aromatic carbocycles. The molecule has 1 N–H and O–H groups in total. The largest absolute Gasteiger partial charge is 0.313 e. The highest BCUT2D eigenvalue weighted by Gasteiger charge is 2.20. The van der Waals surface area contributed by atoms with Gasteiger partial charge in [-0.2, -0.15) is 8.42 Å². The molecule has 0 heterocycles. The van der Waals surface area contributed by atoms with Crippen molar-refractivity contribution in [1.82, 2.24) is 5.32 Å². The number of hydrogen-bond donors (Lipinski definition) is 1. The summed E-state index contributed by atoms with van der Waals surface area (Å²) in [6, 6.07) is 19.5. The molecule has 0 bridgehead atoms. The van der Waals surface area contributed by atoms with Crippen LogP contribution < -0.4 is 5.32 Å². The molecule has 5 heteroatoms. The Morgan fingerprint density at radius 2 is 1.07 bits per heavy atom. The van der Waals surface area contributed by atoms with Crippen molar-refractivity contribution in [3.8, 4) is 11.1 Å². The van der Waals surface area contributed by atoms with Crippen LogP contribution in [0.15, 0.2) is 59.5 Å². The van der Waals surface area contributed by atoms with Crippen LogP contribution in [0.25, 0.3) is 11.1 Å². The minimum atomic E-state index is -3.69. The van der Waals surface area contributed by atoms with Crippen LogP contribution in [0.2, 0.25) is 0 Å². The summed E-state index contributed by atoms with van der Waals surface area (Å²) in [6.07, 6.45) is 11.8. The first-order valence-electron chi connectivity index (χ1n) is 15.5. The van der Waals surface area contributed by atoms with Crippen molar-refractivity contribution in [3.63, 3.8) is 0 Å². The fourth-order valence-corrected chi connectivity index (χ4v) is 7.11. The highest BCUT2D eigenvalue weighted by Crippen LogP contribution is 2.24. The van der Waals surface area contributed by atoms with Crippen molar-refractivity contribution in [3.05, 3.63) is 88.0 Å². The van der Waals surface area contributed by atoms with E-state index in [1.54, 1.807) is 0 Å². The molecule has 0 spiro atoms. The number of hydrogen-bond acceptors (Lipinski definition) is 4. The number of aryl methyl sites for hydroxylation is 5. The second-order valence-electron chi connectivity index (χ2n) is 11.8. The van der Waals surface area contributed by atoms with Gasteiger partial charge in [0.25, 0.3) is 10.1 Å². The third-order valence-corrected chi connectivity index (χ3v) is 9.30. The van der Waals surface area contributed by atoms with Gasteiger partial charge in [0.15, 0.2) is 0 Å². The van der Waals surface area contributed by atoms with Crippen LogP contribution in [0.5, 0.6) is 0 Å². The van der Waals surface area contributed by atoms with Crippen molar-refractivity contribution in [2.24, 2.45) is 0 Å². The second-order valence-corrected chi connectivity index (χ2v) is 13.3. The van der Waals surface area contributed by atoms with E-state index in [-0.39, 0.29) is 6.61 Å². The molecule has 3 rings (SSSR count). The Balaban J connectivity index is 1.15. The summed E-state index contributed by atoms with van der Waals surface area (Å²) in [5.74, 6) is 0. The second kappa shape index (κ2) is 16.8. The van der Waals surface area contributed by atoms with Gasteiger partial charge in [0.05, 0.1) is 11.5 Å². The standard InChI is InChI=1S/C36H51NO3S/c1-28-22-29(2)26-35(25-28)34-18-16-33(17-19-34)27-37-20-14-12-10-8-6-7-9-11-13-15-21-40-41(38,39)36-31(4)23-30(3)24-32(36)5/h16-19,22-26,37H,6-15,20-21,27H2,1-5H3. The Morgan fingerprint density at radius 3 is 1.63 bits per heavy atom. The van der Waals surface area contributed by atoms with Gasteiger partial charge in [-0.3, -0.25) is 4.18 Å². The van der Waals surface area contributed by atoms with Crippen molar-refractivity contribution < 1.29 is 12.6 Å². The third kappa shape index (κ3) is 11.4. The van der Waals surface area contributed by atoms with Crippen LogP contribution in [-0.2, 0) is 20.8 Å². The van der Waals surface area contributed by atoms with Crippen LogP contribution >= 0.6 is 0 Å². The Labute approximate surface area is 250 Å². The van der Waals surface area contributed by atoms with Crippen molar-refractivity contribution in [2.75, 3.05) is 13.2 Å². The van der Waals surface area contributed by atoms with Gasteiger partial charge < -0.3 is 5.32 Å². The molecule has 0 atom stereocenters. The third-order valence-electron chi connectivity index (χ3n) is 7.68. The molecule has 4 nitrogen and oxygen atoms in total. The van der Waals surface area contributed by atoms with E-state index in [0.29, 0.717) is 4.90 Å². The van der Waals surface area contributed by atoms with Gasteiger partial charge in [-0.1, -0.05) is 123 Å². The molecule has 0 radical (unpaired) electrons. The Bertz CT molecular complexity index is 1290. The van der Waals surface area contributed by atoms with Gasteiger partial charge in [0.1, 0.15) is 0 Å². The average Bonchev–Trinajstić information content (AvgIpc) is 2.90. The van der Waals surface area contributed by atoms with Crippen LogP contribution in [0.4, 0.5) is 0 Å². The van der Waals surface area contributed by atoms with E-state index in [0.717, 1.165) is 49.0 Å². The molecule has 0 amide bonds. The topological polar surface area (TPSA) is 55.4 Å². The monoisotopic (exact) mass is 577 g/mol. The first kappa shape index (κ1) is 33.0. The predicted octanol–water partition coefficient (Wildman–Crippen LogP) is 9.29. The number of unbranched alkanes of at least 4 members (excludes halogenated alkanes) is 9. The minimum Gasteiger partial charge on any atom is -0.313 e. The molecular weight excluding hydrogens is 526 g/mol. The van der Waals surface area contributed by atoms with Crippen LogP contribution in [0, 0.1) is 34.6 Å². The van der Waals surface area contributed by atoms with Gasteiger partial charge >= 0.3 is 0 Å². The number of rotatable bonds is 18.